The van der Waals surface area contributed by atoms with Gasteiger partial charge in [0, 0.05) is 28.4 Å². The van der Waals surface area contributed by atoms with E-state index in [0.29, 0.717) is 17.3 Å². The fourth-order valence-electron chi connectivity index (χ4n) is 10.6. The minimum Gasteiger partial charge on any atom is -0.321 e. The van der Waals surface area contributed by atoms with Crippen molar-refractivity contribution in [1.82, 2.24) is 10.9 Å². The highest BCUT2D eigenvalue weighted by atomic mass is 15.4. The van der Waals surface area contributed by atoms with Crippen molar-refractivity contribution in [3.63, 3.8) is 0 Å². The fourth-order valence-corrected chi connectivity index (χ4v) is 10.6. The highest BCUT2D eigenvalue weighted by Gasteiger charge is 2.46. The van der Waals surface area contributed by atoms with Crippen molar-refractivity contribution in [2.45, 2.75) is 153 Å². The van der Waals surface area contributed by atoms with E-state index in [1.807, 2.05) is 41.5 Å². The Morgan fingerprint density at radius 2 is 0.982 bits per heavy atom. The number of nitrogens with one attached hydrogen (secondary N) is 2. The standard InChI is InChI=1S/C18H20.C16H24.C14H18N2.3C2H6/c1-4-18(13(2)3)16-11-7-5-9-14(16)15-10-6-8-12-17(15)18;1-12(2)16(13(3)4)11-7-9-14-8-5-6-10-15(14)16;1-9(2)14(3)11-7-5-4-6-10(11)13-12(14)8-15-16-13;3*1-2/h5-13H,4H2,1-3H3;5-6,8,10,12-13H,7,9,11H2,1-4H3;4-7,9,15-16H,8H2,1-3H3;3*1-2H3. The molecule has 1 heterocycles. The summed E-state index contributed by atoms with van der Waals surface area (Å²) < 4.78 is 0. The Labute approximate surface area is 345 Å². The zero-order chi connectivity index (χ0) is 41.8. The van der Waals surface area contributed by atoms with Crippen LogP contribution < -0.4 is 10.9 Å². The van der Waals surface area contributed by atoms with Crippen molar-refractivity contribution in [3.8, 4) is 11.1 Å². The number of aryl methyl sites for hydroxylation is 1. The summed E-state index contributed by atoms with van der Waals surface area (Å²) in [6.45, 7) is 36.5. The summed E-state index contributed by atoms with van der Waals surface area (Å²) in [5.74, 6) is 2.69. The Bertz CT molecular complexity index is 1790. The van der Waals surface area contributed by atoms with Crippen LogP contribution in [0, 0.1) is 23.7 Å². The lowest BCUT2D eigenvalue weighted by molar-refractivity contribution is 0.186. The van der Waals surface area contributed by atoms with E-state index in [4.69, 9.17) is 0 Å². The molecule has 3 aliphatic carbocycles. The number of benzene rings is 4. The molecule has 2 N–H and O–H groups in total. The number of rotatable bonds is 5. The summed E-state index contributed by atoms with van der Waals surface area (Å²) in [6, 6.07) is 35.7. The van der Waals surface area contributed by atoms with Gasteiger partial charge in [0.2, 0.25) is 0 Å². The summed E-state index contributed by atoms with van der Waals surface area (Å²) in [6.07, 6.45) is 5.16. The lowest BCUT2D eigenvalue weighted by Gasteiger charge is -2.46. The van der Waals surface area contributed by atoms with Crippen molar-refractivity contribution >= 4 is 5.70 Å². The molecule has 2 nitrogen and oxygen atoms in total. The molecule has 4 aromatic carbocycles. The van der Waals surface area contributed by atoms with Crippen molar-refractivity contribution < 1.29 is 0 Å². The minimum absolute atomic E-state index is 0.183. The van der Waals surface area contributed by atoms with Crippen molar-refractivity contribution in [2.75, 3.05) is 6.54 Å². The summed E-state index contributed by atoms with van der Waals surface area (Å²) in [5, 5.41) is 0. The second kappa shape index (κ2) is 20.7. The lowest BCUT2D eigenvalue weighted by atomic mass is 9.58. The maximum atomic E-state index is 3.31. The van der Waals surface area contributed by atoms with Gasteiger partial charge in [0.1, 0.15) is 0 Å². The molecule has 0 bridgehead atoms. The van der Waals surface area contributed by atoms with Crippen LogP contribution in [0.15, 0.2) is 103 Å². The van der Waals surface area contributed by atoms with Gasteiger partial charge in [-0.1, -0.05) is 208 Å². The molecule has 0 aromatic heterocycles. The molecule has 4 aromatic rings. The first-order chi connectivity index (χ1) is 27.0. The molecule has 2 heteroatoms. The minimum atomic E-state index is 0.183. The van der Waals surface area contributed by atoms with E-state index < -0.39 is 0 Å². The second-order valence-electron chi connectivity index (χ2n) is 16.7. The van der Waals surface area contributed by atoms with Gasteiger partial charge in [0.15, 0.2) is 0 Å². The number of fused-ring (bicyclic) bond motifs is 6. The van der Waals surface area contributed by atoms with Crippen LogP contribution >= 0.6 is 0 Å². The first-order valence-corrected chi connectivity index (χ1v) is 22.6. The monoisotopic (exact) mass is 757 g/mol. The molecule has 1 unspecified atom stereocenters. The highest BCUT2D eigenvalue weighted by Crippen LogP contribution is 2.54. The fraction of sp³-hybridized carbons (Fsp3) is 0.519. The molecule has 4 aliphatic rings. The number of hydrazine groups is 1. The molecule has 1 atom stereocenters. The van der Waals surface area contributed by atoms with Gasteiger partial charge in [0.05, 0.1) is 5.70 Å². The van der Waals surface area contributed by atoms with E-state index >= 15 is 0 Å². The van der Waals surface area contributed by atoms with Crippen LogP contribution in [-0.2, 0) is 22.7 Å². The van der Waals surface area contributed by atoms with E-state index in [-0.39, 0.29) is 10.8 Å². The van der Waals surface area contributed by atoms with Crippen molar-refractivity contribution in [2.24, 2.45) is 23.7 Å². The predicted molar refractivity (Wildman–Crippen MR) is 249 cm³/mol. The maximum Gasteiger partial charge on any atom is 0.0577 e. The molecule has 56 heavy (non-hydrogen) atoms. The first kappa shape index (κ1) is 46.8. The molecule has 306 valence electrons. The summed E-state index contributed by atoms with van der Waals surface area (Å²) in [4.78, 5) is 0. The van der Waals surface area contributed by atoms with Crippen molar-refractivity contribution in [3.05, 3.63) is 136 Å². The molecule has 0 fully saturated rings. The first-order valence-electron chi connectivity index (χ1n) is 22.6. The average molecular weight is 757 g/mol. The van der Waals surface area contributed by atoms with Gasteiger partial charge in [-0.3, -0.25) is 0 Å². The third kappa shape index (κ3) is 8.20. The number of hydrogen-bond donors (Lipinski definition) is 2. The average Bonchev–Trinajstić information content (AvgIpc) is 3.91. The molecule has 0 saturated carbocycles. The zero-order valence-electron chi connectivity index (χ0n) is 38.6. The molecule has 0 radical (unpaired) electrons. The third-order valence-corrected chi connectivity index (χ3v) is 13.6. The Morgan fingerprint density at radius 1 is 0.536 bits per heavy atom. The largest absolute Gasteiger partial charge is 0.321 e. The van der Waals surface area contributed by atoms with Crippen LogP contribution in [-0.4, -0.2) is 6.54 Å². The van der Waals surface area contributed by atoms with Gasteiger partial charge >= 0.3 is 0 Å². The maximum absolute atomic E-state index is 3.31. The van der Waals surface area contributed by atoms with E-state index in [1.165, 1.54) is 70.3 Å². The molecule has 0 saturated heterocycles. The van der Waals surface area contributed by atoms with Crippen LogP contribution in [0.4, 0.5) is 0 Å². The Kier molecular flexibility index (Phi) is 17.3. The van der Waals surface area contributed by atoms with Crippen LogP contribution in [0.1, 0.15) is 163 Å². The van der Waals surface area contributed by atoms with Crippen LogP contribution in [0.2, 0.25) is 0 Å². The van der Waals surface area contributed by atoms with E-state index in [2.05, 4.69) is 177 Å². The van der Waals surface area contributed by atoms with Gasteiger partial charge < -0.3 is 5.43 Å². The topological polar surface area (TPSA) is 24.1 Å². The normalized spacial score (nSPS) is 18.4. The predicted octanol–water partition coefficient (Wildman–Crippen LogP) is 15.1. The van der Waals surface area contributed by atoms with Gasteiger partial charge in [0.25, 0.3) is 0 Å². The van der Waals surface area contributed by atoms with Crippen LogP contribution in [0.3, 0.4) is 0 Å². The van der Waals surface area contributed by atoms with E-state index in [0.717, 1.165) is 18.4 Å². The molecule has 0 amide bonds. The lowest BCUT2D eigenvalue weighted by Crippen LogP contribution is -2.41. The van der Waals surface area contributed by atoms with Gasteiger partial charge in [-0.25, -0.2) is 5.43 Å². The van der Waals surface area contributed by atoms with Gasteiger partial charge in [-0.05, 0) is 93.9 Å². The Morgan fingerprint density at radius 3 is 1.45 bits per heavy atom. The summed E-state index contributed by atoms with van der Waals surface area (Å²) in [7, 11) is 0. The van der Waals surface area contributed by atoms with Gasteiger partial charge in [-0.2, -0.15) is 0 Å². The highest BCUT2D eigenvalue weighted by molar-refractivity contribution is 5.82. The molecular formula is C54H80N2. The molecular weight excluding hydrogens is 677 g/mol. The zero-order valence-corrected chi connectivity index (χ0v) is 38.6. The molecule has 1 aliphatic heterocycles. The Balaban J connectivity index is 0.000000211. The SMILES string of the molecule is CC.CC.CC.CC(C)C1(C(C)C)CCCc2ccccc21.CC(C)C1(C)C2=C(NNC2)c2ccccc21.CCC1(C(C)C)c2ccccc2-c2ccccc21. The van der Waals surface area contributed by atoms with Gasteiger partial charge in [-0.15, -0.1) is 0 Å². The smallest absolute Gasteiger partial charge is 0.0577 e. The van der Waals surface area contributed by atoms with E-state index in [9.17, 15) is 0 Å². The molecule has 8 rings (SSSR count). The second-order valence-corrected chi connectivity index (χ2v) is 16.7. The third-order valence-electron chi connectivity index (χ3n) is 13.6. The van der Waals surface area contributed by atoms with E-state index in [1.54, 1.807) is 11.1 Å². The summed E-state index contributed by atoms with van der Waals surface area (Å²) >= 11 is 0. The number of hydrogen-bond acceptors (Lipinski definition) is 2. The van der Waals surface area contributed by atoms with Crippen molar-refractivity contribution in [1.29, 1.82) is 0 Å². The van der Waals surface area contributed by atoms with Crippen LogP contribution in [0.5, 0.6) is 0 Å². The Hall–Kier alpha value is -3.62. The molecule has 0 spiro atoms. The summed E-state index contributed by atoms with van der Waals surface area (Å²) in [5.41, 5.74) is 22.2. The van der Waals surface area contributed by atoms with Crippen LogP contribution in [0.25, 0.3) is 16.8 Å². The quantitative estimate of drug-likeness (QED) is 0.212.